The summed E-state index contributed by atoms with van der Waals surface area (Å²) in [5.74, 6) is 0. The summed E-state index contributed by atoms with van der Waals surface area (Å²) in [5, 5.41) is 3.38. The minimum absolute atomic E-state index is 0.277. The van der Waals surface area contributed by atoms with Gasteiger partial charge in [-0.25, -0.2) is 0 Å². The van der Waals surface area contributed by atoms with E-state index in [1.165, 1.54) is 12.1 Å². The van der Waals surface area contributed by atoms with Gasteiger partial charge in [0.25, 0.3) is 0 Å². The first-order chi connectivity index (χ1) is 9.16. The van der Waals surface area contributed by atoms with Crippen LogP contribution in [0.25, 0.3) is 0 Å². The maximum absolute atomic E-state index is 12.8. The van der Waals surface area contributed by atoms with Gasteiger partial charge in [0, 0.05) is 6.04 Å². The molecule has 4 heteroatoms. The second-order valence-electron chi connectivity index (χ2n) is 6.02. The molecule has 0 radical (unpaired) electrons. The fourth-order valence-corrected chi connectivity index (χ4v) is 2.46. The van der Waals surface area contributed by atoms with Gasteiger partial charge >= 0.3 is 6.18 Å². The van der Waals surface area contributed by atoms with Crippen molar-refractivity contribution in [1.29, 1.82) is 0 Å². The van der Waals surface area contributed by atoms with Gasteiger partial charge in [0.05, 0.1) is 5.56 Å². The van der Waals surface area contributed by atoms with Crippen LogP contribution in [0.1, 0.15) is 51.7 Å². The summed E-state index contributed by atoms with van der Waals surface area (Å²) in [6, 6.07) is 5.94. The van der Waals surface area contributed by atoms with Crippen molar-refractivity contribution >= 4 is 0 Å². The molecule has 0 aliphatic carbocycles. The number of benzene rings is 1. The van der Waals surface area contributed by atoms with Crippen molar-refractivity contribution in [3.8, 4) is 0 Å². The molecule has 0 aliphatic rings. The molecule has 1 nitrogen and oxygen atoms in total. The highest BCUT2D eigenvalue weighted by atomic mass is 19.4. The smallest absolute Gasteiger partial charge is 0.314 e. The number of alkyl halides is 3. The van der Waals surface area contributed by atoms with E-state index in [4.69, 9.17) is 0 Å². The van der Waals surface area contributed by atoms with Crippen LogP contribution in [-0.4, -0.2) is 12.6 Å². The van der Waals surface area contributed by atoms with Gasteiger partial charge in [0.2, 0.25) is 0 Å². The zero-order valence-electron chi connectivity index (χ0n) is 12.6. The zero-order valence-corrected chi connectivity index (χ0v) is 12.6. The molecule has 114 valence electrons. The van der Waals surface area contributed by atoms with E-state index in [1.807, 2.05) is 13.8 Å². The molecule has 0 saturated carbocycles. The first-order valence-corrected chi connectivity index (χ1v) is 7.08. The zero-order chi connectivity index (χ0) is 15.4. The van der Waals surface area contributed by atoms with Gasteiger partial charge < -0.3 is 5.32 Å². The molecule has 0 fully saturated rings. The van der Waals surface area contributed by atoms with Crippen LogP contribution < -0.4 is 5.32 Å². The normalized spacial score (nSPS) is 14.3. The molecule has 0 saturated heterocycles. The van der Waals surface area contributed by atoms with Crippen LogP contribution in [0.4, 0.5) is 13.2 Å². The topological polar surface area (TPSA) is 12.0 Å². The second kappa shape index (κ2) is 6.61. The predicted octanol–water partition coefficient (Wildman–Crippen LogP) is 4.76. The third kappa shape index (κ3) is 4.82. The van der Waals surface area contributed by atoms with Crippen molar-refractivity contribution in [2.45, 2.75) is 58.2 Å². The lowest BCUT2D eigenvalue weighted by molar-refractivity contribution is -0.137. The monoisotopic (exact) mass is 287 g/mol. The Bertz CT molecular complexity index is 424. The molecule has 1 unspecified atom stereocenters. The van der Waals surface area contributed by atoms with Gasteiger partial charge in [0.1, 0.15) is 0 Å². The molecular formula is C16H24F3N. The summed E-state index contributed by atoms with van der Waals surface area (Å²) in [4.78, 5) is 0. The lowest BCUT2D eigenvalue weighted by atomic mass is 9.79. The highest BCUT2D eigenvalue weighted by molar-refractivity contribution is 5.31. The average Bonchev–Trinajstić information content (AvgIpc) is 2.35. The van der Waals surface area contributed by atoms with E-state index in [0.717, 1.165) is 31.0 Å². The number of hydrogen-bond acceptors (Lipinski definition) is 1. The average molecular weight is 287 g/mol. The largest absolute Gasteiger partial charge is 0.416 e. The summed E-state index contributed by atoms with van der Waals surface area (Å²) in [7, 11) is 0. The van der Waals surface area contributed by atoms with E-state index < -0.39 is 11.7 Å². The van der Waals surface area contributed by atoms with E-state index in [-0.39, 0.29) is 11.5 Å². The Labute approximate surface area is 119 Å². The van der Waals surface area contributed by atoms with Crippen molar-refractivity contribution in [2.24, 2.45) is 0 Å². The van der Waals surface area contributed by atoms with Gasteiger partial charge in [-0.2, -0.15) is 13.2 Å². The molecule has 1 aromatic rings. The summed E-state index contributed by atoms with van der Waals surface area (Å²) in [6.45, 7) is 9.09. The molecule has 0 spiro atoms. The number of hydrogen-bond donors (Lipinski definition) is 1. The number of halogens is 3. The van der Waals surface area contributed by atoms with E-state index in [0.29, 0.717) is 0 Å². The number of rotatable bonds is 6. The summed E-state index contributed by atoms with van der Waals surface area (Å²) < 4.78 is 38.3. The van der Waals surface area contributed by atoms with Gasteiger partial charge in [-0.15, -0.1) is 0 Å². The van der Waals surface area contributed by atoms with E-state index in [9.17, 15) is 13.2 Å². The van der Waals surface area contributed by atoms with Gasteiger partial charge in [-0.3, -0.25) is 0 Å². The fraction of sp³-hybridized carbons (Fsp3) is 0.625. The highest BCUT2D eigenvalue weighted by Gasteiger charge is 2.32. The Balaban J connectivity index is 2.86. The van der Waals surface area contributed by atoms with E-state index in [2.05, 4.69) is 19.2 Å². The SMILES string of the molecule is CCCNC(C)CC(C)(C)c1cccc(C(F)(F)F)c1. The van der Waals surface area contributed by atoms with Crippen molar-refractivity contribution in [2.75, 3.05) is 6.54 Å². The maximum Gasteiger partial charge on any atom is 0.416 e. The van der Waals surface area contributed by atoms with Crippen LogP contribution in [0.15, 0.2) is 24.3 Å². The predicted molar refractivity (Wildman–Crippen MR) is 76.8 cm³/mol. The Morgan fingerprint density at radius 2 is 1.75 bits per heavy atom. The molecule has 1 N–H and O–H groups in total. The third-order valence-electron chi connectivity index (χ3n) is 3.53. The van der Waals surface area contributed by atoms with Crippen molar-refractivity contribution in [3.63, 3.8) is 0 Å². The van der Waals surface area contributed by atoms with Crippen LogP contribution in [-0.2, 0) is 11.6 Å². The van der Waals surface area contributed by atoms with E-state index >= 15 is 0 Å². The standard InChI is InChI=1S/C16H24F3N/c1-5-9-20-12(2)11-15(3,4)13-7-6-8-14(10-13)16(17,18)19/h6-8,10,12,20H,5,9,11H2,1-4H3. The first kappa shape index (κ1) is 17.0. The Hall–Kier alpha value is -1.03. The van der Waals surface area contributed by atoms with Crippen molar-refractivity contribution < 1.29 is 13.2 Å². The molecular weight excluding hydrogens is 263 g/mol. The molecule has 0 amide bonds. The van der Waals surface area contributed by atoms with Gasteiger partial charge in [-0.05, 0) is 43.4 Å². The quantitative estimate of drug-likeness (QED) is 0.795. The van der Waals surface area contributed by atoms with Crippen LogP contribution in [0.2, 0.25) is 0 Å². The molecule has 0 heterocycles. The summed E-state index contributed by atoms with van der Waals surface area (Å²) in [6.07, 6.45) is -2.43. The van der Waals surface area contributed by atoms with Crippen LogP contribution in [0.3, 0.4) is 0 Å². The molecule has 1 rings (SSSR count). The Morgan fingerprint density at radius 3 is 2.30 bits per heavy atom. The molecule has 1 aromatic carbocycles. The van der Waals surface area contributed by atoms with Crippen molar-refractivity contribution in [3.05, 3.63) is 35.4 Å². The lowest BCUT2D eigenvalue weighted by Crippen LogP contribution is -2.33. The minimum Gasteiger partial charge on any atom is -0.314 e. The van der Waals surface area contributed by atoms with Crippen LogP contribution in [0.5, 0.6) is 0 Å². The molecule has 0 aromatic heterocycles. The van der Waals surface area contributed by atoms with Gasteiger partial charge in [-0.1, -0.05) is 39.0 Å². The summed E-state index contributed by atoms with van der Waals surface area (Å²) in [5.41, 5.74) is -0.128. The minimum atomic E-state index is -4.28. The highest BCUT2D eigenvalue weighted by Crippen LogP contribution is 2.34. The maximum atomic E-state index is 12.8. The Kier molecular flexibility index (Phi) is 5.63. The fourth-order valence-electron chi connectivity index (χ4n) is 2.46. The third-order valence-corrected chi connectivity index (χ3v) is 3.53. The molecule has 20 heavy (non-hydrogen) atoms. The molecule has 1 atom stereocenters. The lowest BCUT2D eigenvalue weighted by Gasteiger charge is -2.29. The second-order valence-corrected chi connectivity index (χ2v) is 6.02. The number of nitrogens with one attached hydrogen (secondary N) is 1. The summed E-state index contributed by atoms with van der Waals surface area (Å²) >= 11 is 0. The molecule has 0 bridgehead atoms. The molecule has 0 aliphatic heterocycles. The Morgan fingerprint density at radius 1 is 1.15 bits per heavy atom. The van der Waals surface area contributed by atoms with Crippen LogP contribution in [0, 0.1) is 0 Å². The van der Waals surface area contributed by atoms with Crippen molar-refractivity contribution in [1.82, 2.24) is 5.32 Å². The van der Waals surface area contributed by atoms with Gasteiger partial charge in [0.15, 0.2) is 0 Å². The van der Waals surface area contributed by atoms with E-state index in [1.54, 1.807) is 6.07 Å². The first-order valence-electron chi connectivity index (χ1n) is 7.08. The van der Waals surface area contributed by atoms with Crippen LogP contribution >= 0.6 is 0 Å².